The standard InChI is InChI=1S/C15H22N2O/c1-11-5-6-12(2)13(8-11)9-15(18)17-14-4-3-7-16-10-14/h5-6,8,14,16H,3-4,7,9-10H2,1-2H3,(H,17,18)/t14-/m1/s1. The molecule has 1 atom stereocenters. The normalized spacial score (nSPS) is 19.6. The molecule has 1 aromatic rings. The Hall–Kier alpha value is -1.35. The van der Waals surface area contributed by atoms with Crippen molar-refractivity contribution in [1.29, 1.82) is 0 Å². The molecular weight excluding hydrogens is 224 g/mol. The summed E-state index contributed by atoms with van der Waals surface area (Å²) in [4.78, 5) is 12.0. The van der Waals surface area contributed by atoms with Crippen LogP contribution in [0.3, 0.4) is 0 Å². The van der Waals surface area contributed by atoms with E-state index in [0.29, 0.717) is 12.5 Å². The molecule has 2 rings (SSSR count). The molecule has 98 valence electrons. The predicted molar refractivity (Wildman–Crippen MR) is 73.7 cm³/mol. The van der Waals surface area contributed by atoms with Crippen LogP contribution < -0.4 is 10.6 Å². The van der Waals surface area contributed by atoms with Crippen molar-refractivity contribution in [2.45, 2.75) is 39.2 Å². The Labute approximate surface area is 109 Å². The molecule has 1 aliphatic heterocycles. The molecule has 1 heterocycles. The first-order valence-corrected chi connectivity index (χ1v) is 6.71. The Morgan fingerprint density at radius 2 is 2.28 bits per heavy atom. The molecule has 0 aliphatic carbocycles. The van der Waals surface area contributed by atoms with Crippen LogP contribution in [0.15, 0.2) is 18.2 Å². The first-order chi connectivity index (χ1) is 8.65. The van der Waals surface area contributed by atoms with E-state index >= 15 is 0 Å². The van der Waals surface area contributed by atoms with E-state index in [2.05, 4.69) is 42.7 Å². The van der Waals surface area contributed by atoms with Gasteiger partial charge in [-0.25, -0.2) is 0 Å². The number of nitrogens with one attached hydrogen (secondary N) is 2. The van der Waals surface area contributed by atoms with Gasteiger partial charge in [0, 0.05) is 12.6 Å². The fraction of sp³-hybridized carbons (Fsp3) is 0.533. The van der Waals surface area contributed by atoms with Gasteiger partial charge in [0.15, 0.2) is 0 Å². The minimum atomic E-state index is 0.136. The van der Waals surface area contributed by atoms with Crippen LogP contribution in [-0.2, 0) is 11.2 Å². The minimum absolute atomic E-state index is 0.136. The molecule has 0 spiro atoms. The van der Waals surface area contributed by atoms with E-state index in [-0.39, 0.29) is 5.91 Å². The Bertz CT molecular complexity index is 423. The summed E-state index contributed by atoms with van der Waals surface area (Å²) in [5, 5.41) is 6.42. The van der Waals surface area contributed by atoms with E-state index in [4.69, 9.17) is 0 Å². The van der Waals surface area contributed by atoms with Crippen molar-refractivity contribution < 1.29 is 4.79 Å². The van der Waals surface area contributed by atoms with Crippen molar-refractivity contribution in [2.24, 2.45) is 0 Å². The average Bonchev–Trinajstić information content (AvgIpc) is 2.35. The monoisotopic (exact) mass is 246 g/mol. The molecule has 1 fully saturated rings. The molecule has 3 heteroatoms. The van der Waals surface area contributed by atoms with Crippen molar-refractivity contribution in [2.75, 3.05) is 13.1 Å². The summed E-state index contributed by atoms with van der Waals surface area (Å²) >= 11 is 0. The third-order valence-corrected chi connectivity index (χ3v) is 3.52. The number of carbonyl (C=O) groups excluding carboxylic acids is 1. The summed E-state index contributed by atoms with van der Waals surface area (Å²) in [5.41, 5.74) is 3.54. The van der Waals surface area contributed by atoms with Crippen LogP contribution in [0.1, 0.15) is 29.5 Å². The molecule has 0 saturated carbocycles. The highest BCUT2D eigenvalue weighted by Crippen LogP contribution is 2.11. The molecule has 0 aromatic heterocycles. The quantitative estimate of drug-likeness (QED) is 0.852. The fourth-order valence-electron chi connectivity index (χ4n) is 2.42. The van der Waals surface area contributed by atoms with Crippen LogP contribution in [-0.4, -0.2) is 25.0 Å². The molecule has 18 heavy (non-hydrogen) atoms. The SMILES string of the molecule is Cc1ccc(C)c(CC(=O)N[C@@H]2CCCNC2)c1. The summed E-state index contributed by atoms with van der Waals surface area (Å²) in [6, 6.07) is 6.58. The molecule has 1 amide bonds. The molecule has 0 bridgehead atoms. The topological polar surface area (TPSA) is 41.1 Å². The molecule has 0 radical (unpaired) electrons. The van der Waals surface area contributed by atoms with Crippen molar-refractivity contribution >= 4 is 5.91 Å². The van der Waals surface area contributed by atoms with Crippen LogP contribution in [0.25, 0.3) is 0 Å². The Morgan fingerprint density at radius 3 is 3.00 bits per heavy atom. The first-order valence-electron chi connectivity index (χ1n) is 6.71. The molecule has 1 saturated heterocycles. The number of benzene rings is 1. The van der Waals surface area contributed by atoms with Crippen molar-refractivity contribution in [3.05, 3.63) is 34.9 Å². The lowest BCUT2D eigenvalue weighted by atomic mass is 10.0. The number of rotatable bonds is 3. The number of carbonyl (C=O) groups is 1. The van der Waals surface area contributed by atoms with Gasteiger partial charge in [-0.1, -0.05) is 23.8 Å². The average molecular weight is 246 g/mol. The van der Waals surface area contributed by atoms with Gasteiger partial charge in [-0.05, 0) is 44.4 Å². The largest absolute Gasteiger partial charge is 0.352 e. The second-order valence-corrected chi connectivity index (χ2v) is 5.22. The predicted octanol–water partition coefficient (Wildman–Crippen LogP) is 1.71. The van der Waals surface area contributed by atoms with Gasteiger partial charge in [0.1, 0.15) is 0 Å². The second kappa shape index (κ2) is 6.01. The zero-order valence-electron chi connectivity index (χ0n) is 11.3. The summed E-state index contributed by atoms with van der Waals surface area (Å²) in [6.07, 6.45) is 2.73. The van der Waals surface area contributed by atoms with Crippen molar-refractivity contribution in [1.82, 2.24) is 10.6 Å². The maximum absolute atomic E-state index is 12.0. The van der Waals surface area contributed by atoms with E-state index in [1.807, 2.05) is 0 Å². The number of piperidine rings is 1. The van der Waals surface area contributed by atoms with Gasteiger partial charge in [-0.3, -0.25) is 4.79 Å². The fourth-order valence-corrected chi connectivity index (χ4v) is 2.42. The summed E-state index contributed by atoms with van der Waals surface area (Å²) < 4.78 is 0. The molecular formula is C15H22N2O. The highest BCUT2D eigenvalue weighted by atomic mass is 16.1. The Morgan fingerprint density at radius 1 is 1.44 bits per heavy atom. The number of aryl methyl sites for hydroxylation is 2. The lowest BCUT2D eigenvalue weighted by Crippen LogP contribution is -2.46. The van der Waals surface area contributed by atoms with E-state index in [9.17, 15) is 4.79 Å². The van der Waals surface area contributed by atoms with E-state index < -0.39 is 0 Å². The molecule has 2 N–H and O–H groups in total. The maximum Gasteiger partial charge on any atom is 0.224 e. The molecule has 1 aromatic carbocycles. The van der Waals surface area contributed by atoms with Gasteiger partial charge >= 0.3 is 0 Å². The van der Waals surface area contributed by atoms with Gasteiger partial charge in [0.2, 0.25) is 5.91 Å². The van der Waals surface area contributed by atoms with Crippen LogP contribution in [0.2, 0.25) is 0 Å². The number of amides is 1. The zero-order chi connectivity index (χ0) is 13.0. The van der Waals surface area contributed by atoms with Gasteiger partial charge in [0.05, 0.1) is 6.42 Å². The second-order valence-electron chi connectivity index (χ2n) is 5.22. The van der Waals surface area contributed by atoms with Gasteiger partial charge in [0.25, 0.3) is 0 Å². The molecule has 3 nitrogen and oxygen atoms in total. The number of hydrogen-bond donors (Lipinski definition) is 2. The molecule has 1 aliphatic rings. The third kappa shape index (κ3) is 3.57. The highest BCUT2D eigenvalue weighted by molar-refractivity contribution is 5.79. The molecule has 0 unspecified atom stereocenters. The van der Waals surface area contributed by atoms with Gasteiger partial charge < -0.3 is 10.6 Å². The van der Waals surface area contributed by atoms with Crippen molar-refractivity contribution in [3.63, 3.8) is 0 Å². The van der Waals surface area contributed by atoms with E-state index in [0.717, 1.165) is 31.5 Å². The Kier molecular flexibility index (Phi) is 4.37. The van der Waals surface area contributed by atoms with Crippen LogP contribution in [0, 0.1) is 13.8 Å². The summed E-state index contributed by atoms with van der Waals surface area (Å²) in [5.74, 6) is 0.136. The van der Waals surface area contributed by atoms with Crippen molar-refractivity contribution in [3.8, 4) is 0 Å². The van der Waals surface area contributed by atoms with E-state index in [1.54, 1.807) is 0 Å². The highest BCUT2D eigenvalue weighted by Gasteiger charge is 2.15. The lowest BCUT2D eigenvalue weighted by Gasteiger charge is -2.24. The Balaban J connectivity index is 1.92. The van der Waals surface area contributed by atoms with Crippen LogP contribution >= 0.6 is 0 Å². The maximum atomic E-state index is 12.0. The smallest absolute Gasteiger partial charge is 0.224 e. The lowest BCUT2D eigenvalue weighted by molar-refractivity contribution is -0.121. The minimum Gasteiger partial charge on any atom is -0.352 e. The van der Waals surface area contributed by atoms with Crippen LogP contribution in [0.5, 0.6) is 0 Å². The first kappa shape index (κ1) is 13.1. The third-order valence-electron chi connectivity index (χ3n) is 3.52. The van der Waals surface area contributed by atoms with E-state index in [1.165, 1.54) is 11.1 Å². The van der Waals surface area contributed by atoms with Crippen LogP contribution in [0.4, 0.5) is 0 Å². The van der Waals surface area contributed by atoms with Gasteiger partial charge in [-0.2, -0.15) is 0 Å². The number of hydrogen-bond acceptors (Lipinski definition) is 2. The summed E-state index contributed by atoms with van der Waals surface area (Å²) in [7, 11) is 0. The van der Waals surface area contributed by atoms with Gasteiger partial charge in [-0.15, -0.1) is 0 Å². The zero-order valence-corrected chi connectivity index (χ0v) is 11.3. The summed E-state index contributed by atoms with van der Waals surface area (Å²) in [6.45, 7) is 6.10.